The van der Waals surface area contributed by atoms with Gasteiger partial charge in [0.2, 0.25) is 0 Å². The number of aliphatic hydroxyl groups is 2. The second-order valence-corrected chi connectivity index (χ2v) is 6.50. The van der Waals surface area contributed by atoms with Gasteiger partial charge in [0.1, 0.15) is 0 Å². The van der Waals surface area contributed by atoms with E-state index in [0.717, 1.165) is 25.9 Å². The van der Waals surface area contributed by atoms with Crippen molar-refractivity contribution in [1.29, 1.82) is 0 Å². The zero-order chi connectivity index (χ0) is 15.5. The van der Waals surface area contributed by atoms with Gasteiger partial charge in [0.05, 0.1) is 12.7 Å². The van der Waals surface area contributed by atoms with Crippen LogP contribution in [0.3, 0.4) is 0 Å². The number of ether oxygens (including phenoxy) is 1. The Morgan fingerprint density at radius 1 is 1.24 bits per heavy atom. The summed E-state index contributed by atoms with van der Waals surface area (Å²) < 4.78 is 5.67. The molecule has 0 aromatic carbocycles. The summed E-state index contributed by atoms with van der Waals surface area (Å²) in [5.41, 5.74) is 0. The van der Waals surface area contributed by atoms with Crippen molar-refractivity contribution in [1.82, 2.24) is 5.32 Å². The Kier molecular flexibility index (Phi) is 10.3. The van der Waals surface area contributed by atoms with E-state index in [-0.39, 0.29) is 6.61 Å². The minimum Gasteiger partial charge on any atom is -0.396 e. The van der Waals surface area contributed by atoms with Crippen LogP contribution >= 0.6 is 0 Å². The third-order valence-corrected chi connectivity index (χ3v) is 4.72. The Morgan fingerprint density at radius 2 is 2.05 bits per heavy atom. The highest BCUT2D eigenvalue weighted by molar-refractivity contribution is 4.83. The van der Waals surface area contributed by atoms with Gasteiger partial charge in [0.25, 0.3) is 0 Å². The van der Waals surface area contributed by atoms with Crippen LogP contribution in [0.15, 0.2) is 0 Å². The Labute approximate surface area is 130 Å². The summed E-state index contributed by atoms with van der Waals surface area (Å²) in [7, 11) is 0. The lowest BCUT2D eigenvalue weighted by molar-refractivity contribution is 0.0174. The lowest BCUT2D eigenvalue weighted by Crippen LogP contribution is -2.40. The second-order valence-electron chi connectivity index (χ2n) is 6.50. The summed E-state index contributed by atoms with van der Waals surface area (Å²) in [5, 5.41) is 22.6. The molecule has 0 bridgehead atoms. The first kappa shape index (κ1) is 18.9. The van der Waals surface area contributed by atoms with E-state index in [9.17, 15) is 10.2 Å². The molecule has 3 N–H and O–H groups in total. The smallest absolute Gasteiger partial charge is 0.0897 e. The van der Waals surface area contributed by atoms with Gasteiger partial charge in [-0.3, -0.25) is 0 Å². The van der Waals surface area contributed by atoms with Crippen LogP contribution in [-0.4, -0.2) is 48.7 Å². The van der Waals surface area contributed by atoms with Gasteiger partial charge in [0.15, 0.2) is 0 Å². The zero-order valence-electron chi connectivity index (χ0n) is 13.9. The van der Waals surface area contributed by atoms with Crippen LogP contribution < -0.4 is 5.32 Å². The average molecular weight is 301 g/mol. The highest BCUT2D eigenvalue weighted by Crippen LogP contribution is 2.24. The minimum absolute atomic E-state index is 0.250. The molecule has 126 valence electrons. The van der Waals surface area contributed by atoms with Gasteiger partial charge in [-0.25, -0.2) is 0 Å². The largest absolute Gasteiger partial charge is 0.396 e. The van der Waals surface area contributed by atoms with Crippen molar-refractivity contribution in [2.75, 3.05) is 26.4 Å². The molecule has 21 heavy (non-hydrogen) atoms. The Hall–Kier alpha value is -0.160. The van der Waals surface area contributed by atoms with Crippen LogP contribution in [0.25, 0.3) is 0 Å². The molecular weight excluding hydrogens is 266 g/mol. The fraction of sp³-hybridized carbons (Fsp3) is 1.00. The zero-order valence-corrected chi connectivity index (χ0v) is 13.9. The molecule has 0 radical (unpaired) electrons. The van der Waals surface area contributed by atoms with E-state index < -0.39 is 6.10 Å². The molecule has 0 aliphatic heterocycles. The molecule has 1 aliphatic rings. The third-order valence-electron chi connectivity index (χ3n) is 4.72. The summed E-state index contributed by atoms with van der Waals surface area (Å²) in [6, 6.07) is 0.359. The van der Waals surface area contributed by atoms with Crippen LogP contribution in [0.2, 0.25) is 0 Å². The van der Waals surface area contributed by atoms with Crippen molar-refractivity contribution >= 4 is 0 Å². The number of hydrogen-bond donors (Lipinski definition) is 3. The second kappa shape index (κ2) is 11.4. The predicted molar refractivity (Wildman–Crippen MR) is 86.3 cm³/mol. The van der Waals surface area contributed by atoms with E-state index in [4.69, 9.17) is 4.74 Å². The van der Waals surface area contributed by atoms with Crippen LogP contribution in [0.4, 0.5) is 0 Å². The quantitative estimate of drug-likeness (QED) is 0.518. The summed E-state index contributed by atoms with van der Waals surface area (Å²) in [5.74, 6) is 0.982. The monoisotopic (exact) mass is 301 g/mol. The van der Waals surface area contributed by atoms with Crippen molar-refractivity contribution in [3.8, 4) is 0 Å². The fourth-order valence-corrected chi connectivity index (χ4v) is 3.14. The molecule has 0 amide bonds. The Morgan fingerprint density at radius 3 is 2.71 bits per heavy atom. The number of nitrogens with one attached hydrogen (secondary N) is 1. The molecule has 4 atom stereocenters. The first-order chi connectivity index (χ1) is 10.2. The van der Waals surface area contributed by atoms with Gasteiger partial charge in [-0.1, -0.05) is 39.5 Å². The third kappa shape index (κ3) is 7.59. The van der Waals surface area contributed by atoms with Gasteiger partial charge in [-0.05, 0) is 31.1 Å². The predicted octanol–water partition coefficient (Wildman–Crippen LogP) is 2.33. The molecule has 0 aromatic rings. The van der Waals surface area contributed by atoms with Gasteiger partial charge >= 0.3 is 0 Å². The standard InChI is InChI=1S/C17H35NO3/c1-3-5-7-14(4-2)12-21-13-16(20)10-18-17-9-6-8-15(17)11-19/h14-20H,3-13H2,1-2H3. The van der Waals surface area contributed by atoms with Gasteiger partial charge < -0.3 is 20.3 Å². The lowest BCUT2D eigenvalue weighted by Gasteiger charge is -2.22. The van der Waals surface area contributed by atoms with Crippen LogP contribution in [0, 0.1) is 11.8 Å². The lowest BCUT2D eigenvalue weighted by atomic mass is 10.0. The summed E-state index contributed by atoms with van der Waals surface area (Å²) >= 11 is 0. The molecule has 0 saturated heterocycles. The van der Waals surface area contributed by atoms with Crippen LogP contribution in [0.1, 0.15) is 58.8 Å². The normalized spacial score (nSPS) is 25.1. The molecule has 4 unspecified atom stereocenters. The molecule has 1 fully saturated rings. The SMILES string of the molecule is CCCCC(CC)COCC(O)CNC1CCCC1CO. The van der Waals surface area contributed by atoms with Gasteiger partial charge in [0, 0.05) is 25.8 Å². The van der Waals surface area contributed by atoms with E-state index in [1.54, 1.807) is 0 Å². The molecule has 0 aromatic heterocycles. The van der Waals surface area contributed by atoms with E-state index in [1.807, 2.05) is 0 Å². The maximum atomic E-state index is 9.98. The highest BCUT2D eigenvalue weighted by atomic mass is 16.5. The number of rotatable bonds is 12. The molecule has 4 nitrogen and oxygen atoms in total. The van der Waals surface area contributed by atoms with E-state index in [2.05, 4.69) is 19.2 Å². The number of aliphatic hydroxyl groups excluding tert-OH is 2. The first-order valence-electron chi connectivity index (χ1n) is 8.81. The molecule has 0 spiro atoms. The van der Waals surface area contributed by atoms with Crippen molar-refractivity contribution in [2.24, 2.45) is 11.8 Å². The minimum atomic E-state index is -0.450. The first-order valence-corrected chi connectivity index (χ1v) is 8.81. The molecule has 1 rings (SSSR count). The van der Waals surface area contributed by atoms with Crippen molar-refractivity contribution in [3.63, 3.8) is 0 Å². The topological polar surface area (TPSA) is 61.7 Å². The van der Waals surface area contributed by atoms with Crippen LogP contribution in [0.5, 0.6) is 0 Å². The molecule has 1 saturated carbocycles. The summed E-state index contributed by atoms with van der Waals surface area (Å²) in [6.07, 6.45) is 7.78. The number of unbranched alkanes of at least 4 members (excludes halogenated alkanes) is 1. The summed E-state index contributed by atoms with van der Waals surface area (Å²) in [4.78, 5) is 0. The maximum Gasteiger partial charge on any atom is 0.0897 e. The summed E-state index contributed by atoms with van der Waals surface area (Å²) in [6.45, 7) is 6.40. The molecule has 0 heterocycles. The molecule has 1 aliphatic carbocycles. The molecular formula is C17H35NO3. The van der Waals surface area contributed by atoms with Crippen molar-refractivity contribution in [2.45, 2.75) is 70.9 Å². The van der Waals surface area contributed by atoms with E-state index in [0.29, 0.717) is 31.0 Å². The van der Waals surface area contributed by atoms with E-state index in [1.165, 1.54) is 25.7 Å². The van der Waals surface area contributed by atoms with Gasteiger partial charge in [-0.15, -0.1) is 0 Å². The average Bonchev–Trinajstić information content (AvgIpc) is 2.96. The Balaban J connectivity index is 2.09. The van der Waals surface area contributed by atoms with Crippen molar-refractivity contribution < 1.29 is 14.9 Å². The maximum absolute atomic E-state index is 9.98. The highest BCUT2D eigenvalue weighted by Gasteiger charge is 2.26. The fourth-order valence-electron chi connectivity index (χ4n) is 3.14. The van der Waals surface area contributed by atoms with Crippen LogP contribution in [-0.2, 0) is 4.74 Å². The number of hydrogen-bond acceptors (Lipinski definition) is 4. The van der Waals surface area contributed by atoms with E-state index >= 15 is 0 Å². The van der Waals surface area contributed by atoms with Gasteiger partial charge in [-0.2, -0.15) is 0 Å². The molecule has 4 heteroatoms. The Bertz CT molecular complexity index is 250. The van der Waals surface area contributed by atoms with Crippen molar-refractivity contribution in [3.05, 3.63) is 0 Å².